The molecule has 0 bridgehead atoms. The summed E-state index contributed by atoms with van der Waals surface area (Å²) in [6.45, 7) is 8.28. The third kappa shape index (κ3) is 2.00. The molecule has 1 aliphatic heterocycles. The van der Waals surface area contributed by atoms with E-state index in [1.165, 1.54) is 16.7 Å². The van der Waals surface area contributed by atoms with Crippen LogP contribution in [0, 0.1) is 13.8 Å². The molecule has 15 heavy (non-hydrogen) atoms. The van der Waals surface area contributed by atoms with E-state index in [0.29, 0.717) is 6.04 Å². The number of hydrogen-bond donors (Lipinski definition) is 1. The van der Waals surface area contributed by atoms with Gasteiger partial charge in [0.15, 0.2) is 0 Å². The van der Waals surface area contributed by atoms with E-state index in [9.17, 15) is 0 Å². The molecule has 0 saturated heterocycles. The average molecular weight is 205 g/mol. The molecular formula is C13H19NO. The van der Waals surface area contributed by atoms with E-state index < -0.39 is 0 Å². The summed E-state index contributed by atoms with van der Waals surface area (Å²) in [6.07, 6.45) is 1.07. The Balaban J connectivity index is 2.38. The lowest BCUT2D eigenvalue weighted by molar-refractivity contribution is 0.254. The number of benzene rings is 1. The van der Waals surface area contributed by atoms with E-state index in [2.05, 4.69) is 38.2 Å². The third-order valence-electron chi connectivity index (χ3n) is 3.12. The molecule has 2 rings (SSSR count). The number of ether oxygens (including phenoxy) is 1. The second-order valence-electron chi connectivity index (χ2n) is 4.22. The zero-order chi connectivity index (χ0) is 10.8. The Hall–Kier alpha value is -1.02. The van der Waals surface area contributed by atoms with Crippen molar-refractivity contribution < 1.29 is 4.74 Å². The van der Waals surface area contributed by atoms with Crippen molar-refractivity contribution in [3.63, 3.8) is 0 Å². The number of fused-ring (bicyclic) bond motifs is 1. The molecule has 2 nitrogen and oxygen atoms in total. The highest BCUT2D eigenvalue weighted by atomic mass is 16.5. The summed E-state index contributed by atoms with van der Waals surface area (Å²) in [6, 6.07) is 4.89. The van der Waals surface area contributed by atoms with Crippen LogP contribution in [0.4, 0.5) is 0 Å². The molecule has 0 spiro atoms. The van der Waals surface area contributed by atoms with Crippen LogP contribution < -0.4 is 10.1 Å². The zero-order valence-corrected chi connectivity index (χ0v) is 9.76. The van der Waals surface area contributed by atoms with Gasteiger partial charge in [-0.3, -0.25) is 0 Å². The van der Waals surface area contributed by atoms with Crippen LogP contribution in [0.2, 0.25) is 0 Å². The van der Waals surface area contributed by atoms with Gasteiger partial charge in [-0.15, -0.1) is 0 Å². The summed E-state index contributed by atoms with van der Waals surface area (Å²) < 4.78 is 5.70. The van der Waals surface area contributed by atoms with Gasteiger partial charge in [0.25, 0.3) is 0 Å². The van der Waals surface area contributed by atoms with Crippen LogP contribution in [0.15, 0.2) is 12.1 Å². The predicted octanol–water partition coefficient (Wildman–Crippen LogP) is 2.74. The van der Waals surface area contributed by atoms with Gasteiger partial charge >= 0.3 is 0 Å². The molecule has 1 N–H and O–H groups in total. The van der Waals surface area contributed by atoms with E-state index in [4.69, 9.17) is 4.74 Å². The van der Waals surface area contributed by atoms with Crippen molar-refractivity contribution in [1.29, 1.82) is 0 Å². The molecule has 1 atom stereocenters. The standard InChI is InChI=1S/C13H19NO/c1-4-14-12-5-6-15-13-8-10(3)9(2)7-11(12)13/h7-8,12,14H,4-6H2,1-3H3. The summed E-state index contributed by atoms with van der Waals surface area (Å²) >= 11 is 0. The van der Waals surface area contributed by atoms with E-state index in [0.717, 1.165) is 25.3 Å². The van der Waals surface area contributed by atoms with Gasteiger partial charge in [0.05, 0.1) is 6.61 Å². The molecular weight excluding hydrogens is 186 g/mol. The number of hydrogen-bond acceptors (Lipinski definition) is 2. The second kappa shape index (κ2) is 4.23. The Morgan fingerprint density at radius 1 is 1.33 bits per heavy atom. The van der Waals surface area contributed by atoms with Crippen molar-refractivity contribution in [3.05, 3.63) is 28.8 Å². The van der Waals surface area contributed by atoms with Crippen LogP contribution in [0.5, 0.6) is 5.75 Å². The Labute approximate surface area is 91.6 Å². The topological polar surface area (TPSA) is 21.3 Å². The third-order valence-corrected chi connectivity index (χ3v) is 3.12. The molecule has 1 heterocycles. The first-order valence-electron chi connectivity index (χ1n) is 5.69. The monoisotopic (exact) mass is 205 g/mol. The molecule has 0 aliphatic carbocycles. The normalized spacial score (nSPS) is 19.5. The largest absolute Gasteiger partial charge is 0.493 e. The molecule has 0 aromatic heterocycles. The van der Waals surface area contributed by atoms with E-state index >= 15 is 0 Å². The lowest BCUT2D eigenvalue weighted by Crippen LogP contribution is -2.27. The number of rotatable bonds is 2. The molecule has 0 fully saturated rings. The Bertz CT molecular complexity index is 360. The first kappa shape index (κ1) is 10.5. The average Bonchev–Trinajstić information content (AvgIpc) is 2.21. The van der Waals surface area contributed by atoms with Gasteiger partial charge in [-0.05, 0) is 37.6 Å². The lowest BCUT2D eigenvalue weighted by atomic mass is 9.96. The Morgan fingerprint density at radius 3 is 2.80 bits per heavy atom. The van der Waals surface area contributed by atoms with Crippen molar-refractivity contribution in [2.24, 2.45) is 0 Å². The van der Waals surface area contributed by atoms with Crippen LogP contribution in [0.3, 0.4) is 0 Å². The molecule has 2 heteroatoms. The lowest BCUT2D eigenvalue weighted by Gasteiger charge is -2.27. The fourth-order valence-corrected chi connectivity index (χ4v) is 2.11. The van der Waals surface area contributed by atoms with Crippen molar-refractivity contribution in [1.82, 2.24) is 5.32 Å². The van der Waals surface area contributed by atoms with Gasteiger partial charge in [-0.2, -0.15) is 0 Å². The van der Waals surface area contributed by atoms with Crippen molar-refractivity contribution in [3.8, 4) is 5.75 Å². The molecule has 1 aliphatic rings. The van der Waals surface area contributed by atoms with Gasteiger partial charge in [0.1, 0.15) is 5.75 Å². The van der Waals surface area contributed by atoms with Crippen LogP contribution >= 0.6 is 0 Å². The number of aryl methyl sites for hydroxylation is 2. The van der Waals surface area contributed by atoms with Crippen LogP contribution in [0.1, 0.15) is 36.1 Å². The molecule has 0 amide bonds. The Morgan fingerprint density at radius 2 is 2.07 bits per heavy atom. The highest BCUT2D eigenvalue weighted by molar-refractivity contribution is 5.44. The number of nitrogens with one attached hydrogen (secondary N) is 1. The second-order valence-corrected chi connectivity index (χ2v) is 4.22. The first-order valence-corrected chi connectivity index (χ1v) is 5.69. The van der Waals surface area contributed by atoms with Gasteiger partial charge in [0, 0.05) is 18.0 Å². The maximum atomic E-state index is 5.70. The first-order chi connectivity index (χ1) is 7.22. The quantitative estimate of drug-likeness (QED) is 0.801. The summed E-state index contributed by atoms with van der Waals surface area (Å²) in [7, 11) is 0. The van der Waals surface area contributed by atoms with Crippen molar-refractivity contribution in [2.75, 3.05) is 13.2 Å². The predicted molar refractivity (Wildman–Crippen MR) is 62.4 cm³/mol. The van der Waals surface area contributed by atoms with Crippen molar-refractivity contribution >= 4 is 0 Å². The fraction of sp³-hybridized carbons (Fsp3) is 0.538. The molecule has 0 saturated carbocycles. The van der Waals surface area contributed by atoms with Crippen LogP contribution in [-0.4, -0.2) is 13.2 Å². The maximum absolute atomic E-state index is 5.70. The smallest absolute Gasteiger partial charge is 0.124 e. The molecule has 82 valence electrons. The van der Waals surface area contributed by atoms with Crippen molar-refractivity contribution in [2.45, 2.75) is 33.2 Å². The molecule has 1 aromatic carbocycles. The minimum Gasteiger partial charge on any atom is -0.493 e. The van der Waals surface area contributed by atoms with E-state index in [1.807, 2.05) is 0 Å². The highest BCUT2D eigenvalue weighted by Gasteiger charge is 2.21. The Kier molecular flexibility index (Phi) is 2.96. The molecule has 1 aromatic rings. The SMILES string of the molecule is CCNC1CCOc2cc(C)c(C)cc21. The minimum atomic E-state index is 0.470. The van der Waals surface area contributed by atoms with Crippen LogP contribution in [-0.2, 0) is 0 Å². The summed E-state index contributed by atoms with van der Waals surface area (Å²) in [4.78, 5) is 0. The summed E-state index contributed by atoms with van der Waals surface area (Å²) in [5.41, 5.74) is 3.99. The maximum Gasteiger partial charge on any atom is 0.124 e. The van der Waals surface area contributed by atoms with Crippen LogP contribution in [0.25, 0.3) is 0 Å². The summed E-state index contributed by atoms with van der Waals surface area (Å²) in [5.74, 6) is 1.07. The zero-order valence-electron chi connectivity index (χ0n) is 9.76. The van der Waals surface area contributed by atoms with Gasteiger partial charge in [-0.1, -0.05) is 13.0 Å². The highest BCUT2D eigenvalue weighted by Crippen LogP contribution is 2.33. The molecule has 0 radical (unpaired) electrons. The van der Waals surface area contributed by atoms with Gasteiger partial charge < -0.3 is 10.1 Å². The van der Waals surface area contributed by atoms with Gasteiger partial charge in [-0.25, -0.2) is 0 Å². The van der Waals surface area contributed by atoms with E-state index in [1.54, 1.807) is 0 Å². The minimum absolute atomic E-state index is 0.470. The van der Waals surface area contributed by atoms with Gasteiger partial charge in [0.2, 0.25) is 0 Å². The molecule has 1 unspecified atom stereocenters. The van der Waals surface area contributed by atoms with E-state index in [-0.39, 0.29) is 0 Å². The summed E-state index contributed by atoms with van der Waals surface area (Å²) in [5, 5.41) is 3.51. The fourth-order valence-electron chi connectivity index (χ4n) is 2.11.